The van der Waals surface area contributed by atoms with Gasteiger partial charge in [0, 0.05) is 28.7 Å². The van der Waals surface area contributed by atoms with Crippen molar-refractivity contribution in [1.82, 2.24) is 4.57 Å². The van der Waals surface area contributed by atoms with Crippen LogP contribution in [0.5, 0.6) is 11.5 Å². The Kier molecular flexibility index (Phi) is 4.95. The number of hydrogen-bond donors (Lipinski definition) is 1. The number of amides is 1. The van der Waals surface area contributed by atoms with Crippen LogP contribution in [0.15, 0.2) is 60.8 Å². The minimum atomic E-state index is -0.229. The molecule has 1 amide bonds. The number of carbonyl (C=O) groups excluding carboxylic acids is 1. The third-order valence-corrected chi connectivity index (χ3v) is 3.98. The summed E-state index contributed by atoms with van der Waals surface area (Å²) < 4.78 is 12.3. The number of benzene rings is 2. The van der Waals surface area contributed by atoms with Crippen LogP contribution in [0, 0.1) is 0 Å². The van der Waals surface area contributed by atoms with Gasteiger partial charge >= 0.3 is 0 Å². The second-order valence-electron chi connectivity index (χ2n) is 5.26. The molecule has 128 valence electrons. The SMILES string of the molecule is COc1ccc(NC(=O)c2cccn2-c2ccc(Cl)cc2)cc1OC. The van der Waals surface area contributed by atoms with E-state index >= 15 is 0 Å². The topological polar surface area (TPSA) is 52.5 Å². The Hall–Kier alpha value is -2.92. The summed E-state index contributed by atoms with van der Waals surface area (Å²) in [6.07, 6.45) is 1.83. The zero-order chi connectivity index (χ0) is 17.8. The van der Waals surface area contributed by atoms with Crippen molar-refractivity contribution in [2.75, 3.05) is 19.5 Å². The Morgan fingerprint density at radius 3 is 2.40 bits per heavy atom. The number of nitrogens with zero attached hydrogens (tertiary/aromatic N) is 1. The Labute approximate surface area is 150 Å². The fourth-order valence-electron chi connectivity index (χ4n) is 2.50. The van der Waals surface area contributed by atoms with E-state index in [4.69, 9.17) is 21.1 Å². The summed E-state index contributed by atoms with van der Waals surface area (Å²) in [7, 11) is 3.12. The zero-order valence-electron chi connectivity index (χ0n) is 13.8. The van der Waals surface area contributed by atoms with Crippen LogP contribution < -0.4 is 14.8 Å². The van der Waals surface area contributed by atoms with Crippen LogP contribution >= 0.6 is 11.6 Å². The van der Waals surface area contributed by atoms with Gasteiger partial charge in [-0.1, -0.05) is 11.6 Å². The van der Waals surface area contributed by atoms with Crippen LogP contribution in [0.3, 0.4) is 0 Å². The largest absolute Gasteiger partial charge is 0.493 e. The van der Waals surface area contributed by atoms with E-state index in [9.17, 15) is 4.79 Å². The van der Waals surface area contributed by atoms with E-state index in [0.717, 1.165) is 5.69 Å². The molecule has 1 heterocycles. The average Bonchev–Trinajstić information content (AvgIpc) is 3.12. The van der Waals surface area contributed by atoms with Gasteiger partial charge in [0.1, 0.15) is 5.69 Å². The molecule has 1 aromatic heterocycles. The fraction of sp³-hybridized carbons (Fsp3) is 0.105. The van der Waals surface area contributed by atoms with Crippen molar-refractivity contribution >= 4 is 23.2 Å². The highest BCUT2D eigenvalue weighted by atomic mass is 35.5. The Morgan fingerprint density at radius 2 is 1.72 bits per heavy atom. The first-order valence-corrected chi connectivity index (χ1v) is 7.97. The van der Waals surface area contributed by atoms with Gasteiger partial charge in [0.25, 0.3) is 5.91 Å². The molecule has 0 aliphatic heterocycles. The summed E-state index contributed by atoms with van der Waals surface area (Å²) >= 11 is 5.93. The van der Waals surface area contributed by atoms with Gasteiger partial charge in [-0.05, 0) is 48.5 Å². The highest BCUT2D eigenvalue weighted by Crippen LogP contribution is 2.30. The van der Waals surface area contributed by atoms with Gasteiger partial charge in [-0.25, -0.2) is 0 Å². The minimum absolute atomic E-state index is 0.229. The summed E-state index contributed by atoms with van der Waals surface area (Å²) in [5, 5.41) is 3.52. The lowest BCUT2D eigenvalue weighted by molar-refractivity contribution is 0.102. The van der Waals surface area contributed by atoms with E-state index in [1.807, 2.05) is 24.4 Å². The van der Waals surface area contributed by atoms with Crippen LogP contribution in [0.1, 0.15) is 10.5 Å². The van der Waals surface area contributed by atoms with Gasteiger partial charge in [0.2, 0.25) is 0 Å². The maximum atomic E-state index is 12.7. The van der Waals surface area contributed by atoms with Gasteiger partial charge in [-0.3, -0.25) is 4.79 Å². The summed E-state index contributed by atoms with van der Waals surface area (Å²) in [6.45, 7) is 0. The smallest absolute Gasteiger partial charge is 0.272 e. The lowest BCUT2D eigenvalue weighted by atomic mass is 10.2. The molecule has 25 heavy (non-hydrogen) atoms. The molecular formula is C19H17ClN2O3. The van der Waals surface area contributed by atoms with Crippen LogP contribution in [0.25, 0.3) is 5.69 Å². The third-order valence-electron chi connectivity index (χ3n) is 3.73. The van der Waals surface area contributed by atoms with Crippen molar-refractivity contribution in [3.63, 3.8) is 0 Å². The van der Waals surface area contributed by atoms with Crippen LogP contribution in [-0.2, 0) is 0 Å². The molecule has 6 heteroatoms. The number of ether oxygens (including phenoxy) is 2. The van der Waals surface area contributed by atoms with Gasteiger partial charge in [-0.15, -0.1) is 0 Å². The molecule has 0 saturated heterocycles. The molecule has 0 spiro atoms. The quantitative estimate of drug-likeness (QED) is 0.737. The van der Waals surface area contributed by atoms with Gasteiger partial charge in [-0.2, -0.15) is 0 Å². The standard InChI is InChI=1S/C19H17ClN2O3/c1-24-17-10-7-14(12-18(17)25-2)21-19(23)16-4-3-11-22(16)15-8-5-13(20)6-9-15/h3-12H,1-2H3,(H,21,23). The highest BCUT2D eigenvalue weighted by molar-refractivity contribution is 6.30. The minimum Gasteiger partial charge on any atom is -0.493 e. The molecule has 0 aliphatic rings. The van der Waals surface area contributed by atoms with Crippen molar-refractivity contribution in [3.05, 3.63) is 71.5 Å². The van der Waals surface area contributed by atoms with Crippen molar-refractivity contribution in [2.24, 2.45) is 0 Å². The molecule has 0 aliphatic carbocycles. The van der Waals surface area contributed by atoms with E-state index in [1.54, 1.807) is 55.2 Å². The number of hydrogen-bond acceptors (Lipinski definition) is 3. The number of halogens is 1. The Balaban J connectivity index is 1.85. The monoisotopic (exact) mass is 356 g/mol. The molecule has 0 fully saturated rings. The predicted molar refractivity (Wildman–Crippen MR) is 98.3 cm³/mol. The number of anilines is 1. The van der Waals surface area contributed by atoms with Gasteiger partial charge < -0.3 is 19.4 Å². The molecule has 3 aromatic rings. The first kappa shape index (κ1) is 16.9. The Morgan fingerprint density at radius 1 is 1.00 bits per heavy atom. The normalized spacial score (nSPS) is 10.4. The lowest BCUT2D eigenvalue weighted by Crippen LogP contribution is -2.16. The number of rotatable bonds is 5. The first-order chi connectivity index (χ1) is 12.1. The highest BCUT2D eigenvalue weighted by Gasteiger charge is 2.13. The molecule has 0 unspecified atom stereocenters. The van der Waals surface area contributed by atoms with Crippen molar-refractivity contribution in [2.45, 2.75) is 0 Å². The molecule has 2 aromatic carbocycles. The average molecular weight is 357 g/mol. The van der Waals surface area contributed by atoms with Crippen molar-refractivity contribution in [3.8, 4) is 17.2 Å². The summed E-state index contributed by atoms with van der Waals surface area (Å²) in [4.78, 5) is 12.7. The number of aromatic nitrogens is 1. The maximum absolute atomic E-state index is 12.7. The van der Waals surface area contributed by atoms with Crippen molar-refractivity contribution in [1.29, 1.82) is 0 Å². The first-order valence-electron chi connectivity index (χ1n) is 7.59. The lowest BCUT2D eigenvalue weighted by Gasteiger charge is -2.12. The molecule has 0 radical (unpaired) electrons. The second kappa shape index (κ2) is 7.32. The molecule has 0 saturated carbocycles. The van der Waals surface area contributed by atoms with E-state index in [1.165, 1.54) is 0 Å². The Bertz CT molecular complexity index is 888. The maximum Gasteiger partial charge on any atom is 0.272 e. The summed E-state index contributed by atoms with van der Waals surface area (Å²) in [6, 6.07) is 16.1. The molecule has 3 rings (SSSR count). The van der Waals surface area contributed by atoms with E-state index in [-0.39, 0.29) is 5.91 Å². The third kappa shape index (κ3) is 3.61. The van der Waals surface area contributed by atoms with E-state index in [0.29, 0.717) is 27.9 Å². The van der Waals surface area contributed by atoms with Crippen molar-refractivity contribution < 1.29 is 14.3 Å². The van der Waals surface area contributed by atoms with Gasteiger partial charge in [0.15, 0.2) is 11.5 Å². The summed E-state index contributed by atoms with van der Waals surface area (Å²) in [5.74, 6) is 0.922. The molecule has 5 nitrogen and oxygen atoms in total. The van der Waals surface area contributed by atoms with Gasteiger partial charge in [0.05, 0.1) is 14.2 Å². The van der Waals surface area contributed by atoms with E-state index in [2.05, 4.69) is 5.32 Å². The molecule has 1 N–H and O–H groups in total. The van der Waals surface area contributed by atoms with Crippen LogP contribution in [0.2, 0.25) is 5.02 Å². The zero-order valence-corrected chi connectivity index (χ0v) is 14.6. The van der Waals surface area contributed by atoms with Crippen LogP contribution in [-0.4, -0.2) is 24.7 Å². The number of methoxy groups -OCH3 is 2. The molecule has 0 bridgehead atoms. The fourth-order valence-corrected chi connectivity index (χ4v) is 2.63. The summed E-state index contributed by atoms with van der Waals surface area (Å²) in [5.41, 5.74) is 1.98. The molecule has 0 atom stereocenters. The van der Waals surface area contributed by atoms with Crippen LogP contribution in [0.4, 0.5) is 5.69 Å². The predicted octanol–water partition coefficient (Wildman–Crippen LogP) is 4.40. The second-order valence-corrected chi connectivity index (χ2v) is 5.70. The number of nitrogens with one attached hydrogen (secondary N) is 1. The van der Waals surface area contributed by atoms with E-state index < -0.39 is 0 Å². The molecular weight excluding hydrogens is 340 g/mol. The number of carbonyl (C=O) groups is 1.